The molecule has 2 rings (SSSR count). The summed E-state index contributed by atoms with van der Waals surface area (Å²) in [6.07, 6.45) is -1.46. The molecule has 9 heteroatoms. The normalized spacial score (nSPS) is 13.3. The maximum absolute atomic E-state index is 12.2. The molecule has 0 saturated carbocycles. The topological polar surface area (TPSA) is 94.2 Å². The van der Waals surface area contributed by atoms with Crippen molar-refractivity contribution in [3.63, 3.8) is 0 Å². The fraction of sp³-hybridized carbons (Fsp3) is 0.235. The highest BCUT2D eigenvalue weighted by atomic mass is 35.5. The summed E-state index contributed by atoms with van der Waals surface area (Å²) in [6, 6.07) is 6.49. The van der Waals surface area contributed by atoms with Gasteiger partial charge in [-0.3, -0.25) is 10.2 Å². The molecule has 1 aliphatic carbocycles. The number of allylic oxidation sites excluding steroid dienone is 2. The quantitative estimate of drug-likeness (QED) is 0.615. The third-order valence-electron chi connectivity index (χ3n) is 3.51. The number of hydrogen-bond acceptors (Lipinski definition) is 7. The van der Waals surface area contributed by atoms with Crippen LogP contribution in [0.15, 0.2) is 47.9 Å². The number of hydrogen-bond donors (Lipinski definition) is 1. The smallest absolute Gasteiger partial charge is 0.451 e. The SMILES string of the molecule is C=C(C1=C(OC(=O)OC)CCC1=O)N(Nc1ccc(Cl)cc1)C(=O)OC. The lowest BCUT2D eigenvalue weighted by atomic mass is 10.1. The minimum Gasteiger partial charge on any atom is -0.451 e. The third kappa shape index (κ3) is 4.34. The number of carbonyl (C=O) groups excluding carboxylic acids is 3. The number of ether oxygens (including phenoxy) is 3. The Morgan fingerprint density at radius 3 is 2.38 bits per heavy atom. The predicted molar refractivity (Wildman–Crippen MR) is 93.2 cm³/mol. The maximum atomic E-state index is 12.2. The van der Waals surface area contributed by atoms with Crippen molar-refractivity contribution < 1.29 is 28.6 Å². The molecular weight excluding hydrogens is 364 g/mol. The van der Waals surface area contributed by atoms with E-state index in [1.807, 2.05) is 0 Å². The van der Waals surface area contributed by atoms with Gasteiger partial charge in [-0.05, 0) is 24.3 Å². The predicted octanol–water partition coefficient (Wildman–Crippen LogP) is 3.65. The van der Waals surface area contributed by atoms with Crippen molar-refractivity contribution in [1.29, 1.82) is 0 Å². The molecule has 0 aliphatic heterocycles. The molecule has 0 spiro atoms. The molecule has 0 atom stereocenters. The molecule has 26 heavy (non-hydrogen) atoms. The van der Waals surface area contributed by atoms with Crippen LogP contribution in [0.2, 0.25) is 5.02 Å². The fourth-order valence-electron chi connectivity index (χ4n) is 2.28. The summed E-state index contributed by atoms with van der Waals surface area (Å²) in [7, 11) is 2.33. The van der Waals surface area contributed by atoms with E-state index in [-0.39, 0.29) is 35.7 Å². The van der Waals surface area contributed by atoms with Crippen LogP contribution in [-0.4, -0.2) is 37.3 Å². The zero-order valence-electron chi connectivity index (χ0n) is 14.2. The van der Waals surface area contributed by atoms with Crippen molar-refractivity contribution in [2.45, 2.75) is 12.8 Å². The van der Waals surface area contributed by atoms with Gasteiger partial charge in [0.15, 0.2) is 5.78 Å². The third-order valence-corrected chi connectivity index (χ3v) is 3.76. The molecule has 1 N–H and O–H groups in total. The van der Waals surface area contributed by atoms with Gasteiger partial charge in [0.05, 0.1) is 31.2 Å². The van der Waals surface area contributed by atoms with Crippen molar-refractivity contribution in [3.8, 4) is 0 Å². The summed E-state index contributed by atoms with van der Waals surface area (Å²) < 4.78 is 14.2. The number of nitrogens with one attached hydrogen (secondary N) is 1. The van der Waals surface area contributed by atoms with Gasteiger partial charge in [0.25, 0.3) is 0 Å². The summed E-state index contributed by atoms with van der Waals surface area (Å²) in [5.74, 6) is -0.237. The van der Waals surface area contributed by atoms with Gasteiger partial charge in [0, 0.05) is 17.9 Å². The lowest BCUT2D eigenvalue weighted by Gasteiger charge is -2.25. The van der Waals surface area contributed by atoms with E-state index < -0.39 is 12.2 Å². The fourth-order valence-corrected chi connectivity index (χ4v) is 2.40. The Bertz CT molecular complexity index is 772. The number of carbonyl (C=O) groups is 3. The van der Waals surface area contributed by atoms with Crippen molar-refractivity contribution in [2.75, 3.05) is 19.6 Å². The number of methoxy groups -OCH3 is 2. The second-order valence-corrected chi connectivity index (χ2v) is 5.58. The Labute approximate surface area is 154 Å². The Kier molecular flexibility index (Phi) is 6.24. The van der Waals surface area contributed by atoms with Crippen molar-refractivity contribution in [1.82, 2.24) is 5.01 Å². The number of hydrazine groups is 1. The Morgan fingerprint density at radius 2 is 1.81 bits per heavy atom. The summed E-state index contributed by atoms with van der Waals surface area (Å²) in [5.41, 5.74) is 3.28. The van der Waals surface area contributed by atoms with Gasteiger partial charge in [-0.15, -0.1) is 0 Å². The van der Waals surface area contributed by atoms with Crippen LogP contribution >= 0.6 is 11.6 Å². The average Bonchev–Trinajstić information content (AvgIpc) is 3.00. The first kappa shape index (κ1) is 19.3. The average molecular weight is 381 g/mol. The van der Waals surface area contributed by atoms with Crippen LogP contribution in [0.5, 0.6) is 0 Å². The number of benzene rings is 1. The molecule has 1 amide bonds. The van der Waals surface area contributed by atoms with Crippen LogP contribution in [0.4, 0.5) is 15.3 Å². The van der Waals surface area contributed by atoms with E-state index in [4.69, 9.17) is 21.1 Å². The van der Waals surface area contributed by atoms with E-state index in [2.05, 4.69) is 16.7 Å². The van der Waals surface area contributed by atoms with Gasteiger partial charge >= 0.3 is 12.2 Å². The molecule has 0 radical (unpaired) electrons. The van der Waals surface area contributed by atoms with Gasteiger partial charge in [-0.25, -0.2) is 9.59 Å². The summed E-state index contributed by atoms with van der Waals surface area (Å²) >= 11 is 5.84. The van der Waals surface area contributed by atoms with Crippen LogP contribution in [0, 0.1) is 0 Å². The minimum atomic E-state index is -0.963. The molecule has 1 aliphatic rings. The second kappa shape index (κ2) is 8.39. The number of ketones is 1. The first-order valence-electron chi connectivity index (χ1n) is 7.49. The molecule has 0 aromatic heterocycles. The first-order valence-corrected chi connectivity index (χ1v) is 7.87. The molecule has 8 nitrogen and oxygen atoms in total. The van der Waals surface area contributed by atoms with E-state index in [0.29, 0.717) is 10.7 Å². The van der Waals surface area contributed by atoms with E-state index in [1.165, 1.54) is 7.11 Å². The Hall–Kier alpha value is -3.00. The number of anilines is 1. The van der Waals surface area contributed by atoms with Gasteiger partial charge in [-0.1, -0.05) is 18.2 Å². The first-order chi connectivity index (χ1) is 12.4. The lowest BCUT2D eigenvalue weighted by molar-refractivity contribution is -0.114. The molecule has 1 aromatic carbocycles. The van der Waals surface area contributed by atoms with Gasteiger partial charge < -0.3 is 14.2 Å². The van der Waals surface area contributed by atoms with Crippen molar-refractivity contribution in [2.24, 2.45) is 0 Å². The van der Waals surface area contributed by atoms with Crippen LogP contribution in [0.3, 0.4) is 0 Å². The summed E-state index contributed by atoms with van der Waals surface area (Å²) in [6.45, 7) is 3.78. The molecule has 0 fully saturated rings. The van der Waals surface area contributed by atoms with E-state index in [9.17, 15) is 14.4 Å². The maximum Gasteiger partial charge on any atom is 0.513 e. The molecule has 0 bridgehead atoms. The van der Waals surface area contributed by atoms with Crippen LogP contribution < -0.4 is 5.43 Å². The highest BCUT2D eigenvalue weighted by molar-refractivity contribution is 6.30. The minimum absolute atomic E-state index is 0.0160. The molecule has 0 heterocycles. The largest absolute Gasteiger partial charge is 0.513 e. The van der Waals surface area contributed by atoms with Crippen molar-refractivity contribution in [3.05, 3.63) is 52.9 Å². The van der Waals surface area contributed by atoms with E-state index in [1.54, 1.807) is 24.3 Å². The molecule has 138 valence electrons. The number of nitrogens with zero attached hydrogens (tertiary/aromatic N) is 1. The van der Waals surface area contributed by atoms with Crippen LogP contribution in [0.1, 0.15) is 12.8 Å². The molecule has 0 unspecified atom stereocenters. The zero-order chi connectivity index (χ0) is 19.3. The Balaban J connectivity index is 2.33. The van der Waals surface area contributed by atoms with E-state index >= 15 is 0 Å². The zero-order valence-corrected chi connectivity index (χ0v) is 15.0. The highest BCUT2D eigenvalue weighted by Gasteiger charge is 2.33. The molecule has 0 saturated heterocycles. The monoisotopic (exact) mass is 380 g/mol. The number of Topliss-reactive ketones (excluding diaryl/α,β-unsaturated/α-hetero) is 1. The molecule has 1 aromatic rings. The van der Waals surface area contributed by atoms with Crippen LogP contribution in [0.25, 0.3) is 0 Å². The lowest BCUT2D eigenvalue weighted by Crippen LogP contribution is -2.36. The molecular formula is C17H17ClN2O6. The number of rotatable bonds is 5. The number of amides is 1. The van der Waals surface area contributed by atoms with Gasteiger partial charge in [-0.2, -0.15) is 5.01 Å². The number of halogens is 1. The summed E-state index contributed by atoms with van der Waals surface area (Å²) in [5, 5.41) is 1.46. The standard InChI is InChI=1S/C17H17ClN2O6/c1-10(15-13(21)8-9-14(15)26-17(23)25-3)20(16(22)24-2)19-12-6-4-11(18)5-7-12/h4-7,19H,1,8-9H2,2-3H3. The van der Waals surface area contributed by atoms with Gasteiger partial charge in [0.1, 0.15) is 5.76 Å². The van der Waals surface area contributed by atoms with Crippen molar-refractivity contribution >= 4 is 35.3 Å². The van der Waals surface area contributed by atoms with Crippen LogP contribution in [-0.2, 0) is 19.0 Å². The summed E-state index contributed by atoms with van der Waals surface area (Å²) in [4.78, 5) is 35.8. The van der Waals surface area contributed by atoms with E-state index in [0.717, 1.165) is 12.1 Å². The Morgan fingerprint density at radius 1 is 1.15 bits per heavy atom. The van der Waals surface area contributed by atoms with Gasteiger partial charge in [0.2, 0.25) is 0 Å². The second-order valence-electron chi connectivity index (χ2n) is 5.15. The highest BCUT2D eigenvalue weighted by Crippen LogP contribution is 2.31.